The van der Waals surface area contributed by atoms with E-state index in [1.54, 1.807) is 24.3 Å². The van der Waals surface area contributed by atoms with Crippen molar-refractivity contribution in [3.63, 3.8) is 0 Å². The fourth-order valence-electron chi connectivity index (χ4n) is 2.38. The predicted molar refractivity (Wildman–Crippen MR) is 95.1 cm³/mol. The number of benzene rings is 3. The lowest BCUT2D eigenvalue weighted by Gasteiger charge is -2.11. The van der Waals surface area contributed by atoms with Crippen molar-refractivity contribution >= 4 is 23.2 Å². The Bertz CT molecular complexity index is 895. The number of amides is 2. The van der Waals surface area contributed by atoms with Gasteiger partial charge in [0.1, 0.15) is 11.6 Å². The normalized spacial score (nSPS) is 10.2. The lowest BCUT2D eigenvalue weighted by atomic mass is 10.1. The Morgan fingerprint density at radius 3 is 1.31 bits per heavy atom. The topological polar surface area (TPSA) is 58.2 Å². The highest BCUT2D eigenvalue weighted by molar-refractivity contribution is 6.15. The zero-order valence-corrected chi connectivity index (χ0v) is 13.5. The Labute approximate surface area is 148 Å². The first-order valence-corrected chi connectivity index (χ1v) is 7.77. The molecule has 0 aliphatic carbocycles. The summed E-state index contributed by atoms with van der Waals surface area (Å²) in [7, 11) is 0. The first-order chi connectivity index (χ1) is 12.6. The van der Waals surface area contributed by atoms with Gasteiger partial charge in [0, 0.05) is 0 Å². The summed E-state index contributed by atoms with van der Waals surface area (Å²) in [4.78, 5) is 25.0. The van der Waals surface area contributed by atoms with Crippen molar-refractivity contribution in [3.05, 3.63) is 95.6 Å². The zero-order valence-electron chi connectivity index (χ0n) is 13.5. The number of hydrogen-bond acceptors (Lipinski definition) is 2. The van der Waals surface area contributed by atoms with Crippen LogP contribution in [0, 0.1) is 11.6 Å². The summed E-state index contributed by atoms with van der Waals surface area (Å²) in [6, 6.07) is 17.4. The Hall–Kier alpha value is -3.54. The SMILES string of the molecule is O=C(Nc1ccccc1F)c1ccccc1C(=O)Nc1ccccc1F. The summed E-state index contributed by atoms with van der Waals surface area (Å²) in [5, 5.41) is 4.86. The number of para-hydroxylation sites is 2. The number of hydrogen-bond donors (Lipinski definition) is 2. The van der Waals surface area contributed by atoms with Crippen LogP contribution in [0.3, 0.4) is 0 Å². The lowest BCUT2D eigenvalue weighted by Crippen LogP contribution is -2.21. The molecule has 0 aliphatic rings. The second-order valence-electron chi connectivity index (χ2n) is 5.41. The van der Waals surface area contributed by atoms with Crippen LogP contribution in [0.25, 0.3) is 0 Å². The Morgan fingerprint density at radius 1 is 0.577 bits per heavy atom. The molecular weight excluding hydrogens is 338 g/mol. The van der Waals surface area contributed by atoms with Gasteiger partial charge < -0.3 is 10.6 Å². The largest absolute Gasteiger partial charge is 0.319 e. The maximum atomic E-state index is 13.7. The molecule has 0 spiro atoms. The maximum Gasteiger partial charge on any atom is 0.256 e. The number of halogens is 2. The second kappa shape index (κ2) is 7.57. The summed E-state index contributed by atoms with van der Waals surface area (Å²) in [6.07, 6.45) is 0. The van der Waals surface area contributed by atoms with Gasteiger partial charge in [0.05, 0.1) is 22.5 Å². The van der Waals surface area contributed by atoms with Crippen molar-refractivity contribution in [3.8, 4) is 0 Å². The zero-order chi connectivity index (χ0) is 18.5. The second-order valence-corrected chi connectivity index (χ2v) is 5.41. The third kappa shape index (κ3) is 3.75. The van der Waals surface area contributed by atoms with E-state index in [1.165, 1.54) is 48.5 Å². The van der Waals surface area contributed by atoms with E-state index in [0.29, 0.717) is 0 Å². The number of carbonyl (C=O) groups excluding carboxylic acids is 2. The van der Waals surface area contributed by atoms with E-state index in [0.717, 1.165) is 0 Å². The molecule has 0 saturated carbocycles. The van der Waals surface area contributed by atoms with Crippen LogP contribution in [0.1, 0.15) is 20.7 Å². The summed E-state index contributed by atoms with van der Waals surface area (Å²) in [6.45, 7) is 0. The first kappa shape index (κ1) is 17.3. The smallest absolute Gasteiger partial charge is 0.256 e. The molecule has 6 heteroatoms. The molecule has 0 aliphatic heterocycles. The van der Waals surface area contributed by atoms with E-state index in [-0.39, 0.29) is 22.5 Å². The summed E-state index contributed by atoms with van der Waals surface area (Å²) in [5.41, 5.74) is 0.0952. The molecule has 0 aromatic heterocycles. The summed E-state index contributed by atoms with van der Waals surface area (Å²) >= 11 is 0. The first-order valence-electron chi connectivity index (χ1n) is 7.77. The highest BCUT2D eigenvalue weighted by Crippen LogP contribution is 2.18. The molecule has 0 saturated heterocycles. The fraction of sp³-hybridized carbons (Fsp3) is 0. The van der Waals surface area contributed by atoms with Crippen LogP contribution >= 0.6 is 0 Å². The van der Waals surface area contributed by atoms with Gasteiger partial charge in [-0.1, -0.05) is 36.4 Å². The average Bonchev–Trinajstić information content (AvgIpc) is 2.65. The third-order valence-electron chi connectivity index (χ3n) is 3.66. The van der Waals surface area contributed by atoms with E-state index >= 15 is 0 Å². The van der Waals surface area contributed by atoms with Crippen LogP contribution < -0.4 is 10.6 Å². The van der Waals surface area contributed by atoms with E-state index in [1.807, 2.05) is 0 Å². The Morgan fingerprint density at radius 2 is 0.923 bits per heavy atom. The molecule has 4 nitrogen and oxygen atoms in total. The summed E-state index contributed by atoms with van der Waals surface area (Å²) < 4.78 is 27.4. The number of anilines is 2. The number of rotatable bonds is 4. The minimum Gasteiger partial charge on any atom is -0.319 e. The van der Waals surface area contributed by atoms with E-state index < -0.39 is 23.4 Å². The van der Waals surface area contributed by atoms with Gasteiger partial charge in [-0.2, -0.15) is 0 Å². The highest BCUT2D eigenvalue weighted by Gasteiger charge is 2.18. The van der Waals surface area contributed by atoms with Crippen LogP contribution in [0.2, 0.25) is 0 Å². The van der Waals surface area contributed by atoms with Gasteiger partial charge in [-0.25, -0.2) is 8.78 Å². The maximum absolute atomic E-state index is 13.7. The van der Waals surface area contributed by atoms with Gasteiger partial charge in [-0.3, -0.25) is 9.59 Å². The van der Waals surface area contributed by atoms with Crippen molar-refractivity contribution in [1.82, 2.24) is 0 Å². The molecule has 3 aromatic carbocycles. The van der Waals surface area contributed by atoms with Crippen molar-refractivity contribution < 1.29 is 18.4 Å². The molecule has 2 amide bonds. The van der Waals surface area contributed by atoms with Crippen LogP contribution in [-0.2, 0) is 0 Å². The molecule has 3 rings (SSSR count). The van der Waals surface area contributed by atoms with E-state index in [9.17, 15) is 18.4 Å². The average molecular weight is 352 g/mol. The van der Waals surface area contributed by atoms with Gasteiger partial charge in [-0.05, 0) is 36.4 Å². The minimum absolute atomic E-state index is 0.00168. The minimum atomic E-state index is -0.644. The molecule has 2 N–H and O–H groups in total. The predicted octanol–water partition coefficient (Wildman–Crippen LogP) is 4.47. The van der Waals surface area contributed by atoms with Gasteiger partial charge in [0.15, 0.2) is 0 Å². The van der Waals surface area contributed by atoms with Crippen molar-refractivity contribution in [2.45, 2.75) is 0 Å². The van der Waals surface area contributed by atoms with Crippen LogP contribution in [0.15, 0.2) is 72.8 Å². The molecule has 0 radical (unpaired) electrons. The van der Waals surface area contributed by atoms with Crippen LogP contribution in [0.5, 0.6) is 0 Å². The molecule has 0 fully saturated rings. The van der Waals surface area contributed by atoms with Crippen molar-refractivity contribution in [2.75, 3.05) is 10.6 Å². The number of carbonyl (C=O) groups is 2. The third-order valence-corrected chi connectivity index (χ3v) is 3.66. The Kier molecular flexibility index (Phi) is 5.03. The van der Waals surface area contributed by atoms with E-state index in [4.69, 9.17) is 0 Å². The molecular formula is C20H14F2N2O2. The van der Waals surface area contributed by atoms with Gasteiger partial charge in [0.25, 0.3) is 11.8 Å². The highest BCUT2D eigenvalue weighted by atomic mass is 19.1. The molecule has 0 unspecified atom stereocenters. The van der Waals surface area contributed by atoms with E-state index in [2.05, 4.69) is 10.6 Å². The molecule has 26 heavy (non-hydrogen) atoms. The van der Waals surface area contributed by atoms with Crippen molar-refractivity contribution in [2.24, 2.45) is 0 Å². The molecule has 130 valence electrons. The van der Waals surface area contributed by atoms with Crippen LogP contribution in [0.4, 0.5) is 20.2 Å². The Balaban J connectivity index is 1.86. The molecule has 0 bridgehead atoms. The standard InChI is InChI=1S/C20H14F2N2O2/c21-15-9-3-5-11-17(15)23-19(25)13-7-1-2-8-14(13)20(26)24-18-12-6-4-10-16(18)22/h1-12H,(H,23,25)(H,24,26). The monoisotopic (exact) mass is 352 g/mol. The van der Waals surface area contributed by atoms with Crippen LogP contribution in [-0.4, -0.2) is 11.8 Å². The van der Waals surface area contributed by atoms with Crippen molar-refractivity contribution in [1.29, 1.82) is 0 Å². The van der Waals surface area contributed by atoms with Gasteiger partial charge in [-0.15, -0.1) is 0 Å². The fourth-order valence-corrected chi connectivity index (χ4v) is 2.38. The molecule has 3 aromatic rings. The molecule has 0 atom stereocenters. The van der Waals surface area contributed by atoms with Gasteiger partial charge >= 0.3 is 0 Å². The number of nitrogens with one attached hydrogen (secondary N) is 2. The molecule has 0 heterocycles. The lowest BCUT2D eigenvalue weighted by molar-refractivity contribution is 0.0990. The summed E-state index contributed by atoms with van der Waals surface area (Å²) in [5.74, 6) is -2.47. The quantitative estimate of drug-likeness (QED) is 0.728. The van der Waals surface area contributed by atoms with Gasteiger partial charge in [0.2, 0.25) is 0 Å².